The van der Waals surface area contributed by atoms with Crippen LogP contribution in [0, 0.1) is 6.92 Å². The third-order valence-corrected chi connectivity index (χ3v) is 2.78. The van der Waals surface area contributed by atoms with Crippen molar-refractivity contribution in [1.29, 1.82) is 0 Å². The summed E-state index contributed by atoms with van der Waals surface area (Å²) in [6, 6.07) is 13.3. The predicted octanol–water partition coefficient (Wildman–Crippen LogP) is 2.74. The van der Waals surface area contributed by atoms with Crippen LogP contribution in [0.15, 0.2) is 42.5 Å². The van der Waals surface area contributed by atoms with Gasteiger partial charge in [-0.15, -0.1) is 0 Å². The number of nitrogens with two attached hydrogens (primary N) is 1. The van der Waals surface area contributed by atoms with E-state index >= 15 is 0 Å². The van der Waals surface area contributed by atoms with Crippen molar-refractivity contribution in [1.82, 2.24) is 0 Å². The summed E-state index contributed by atoms with van der Waals surface area (Å²) in [5.74, 6) is 1.53. The van der Waals surface area contributed by atoms with Crippen molar-refractivity contribution in [3.8, 4) is 11.5 Å². The Bertz CT molecular complexity index is 538. The topological polar surface area (TPSA) is 55.5 Å². The minimum atomic E-state index is 0.0162. The van der Waals surface area contributed by atoms with Crippen LogP contribution in [0.5, 0.6) is 11.5 Å². The van der Waals surface area contributed by atoms with E-state index in [0.29, 0.717) is 6.54 Å². The summed E-state index contributed by atoms with van der Waals surface area (Å²) in [6.07, 6.45) is 0. The molecule has 0 amide bonds. The normalized spacial score (nSPS) is 10.4. The van der Waals surface area contributed by atoms with Crippen LogP contribution in [-0.4, -0.2) is 5.11 Å². The van der Waals surface area contributed by atoms with Crippen molar-refractivity contribution in [2.75, 3.05) is 0 Å². The second-order valence-corrected chi connectivity index (χ2v) is 4.21. The molecule has 0 bridgehead atoms. The molecule has 0 aliphatic heterocycles. The van der Waals surface area contributed by atoms with E-state index < -0.39 is 0 Å². The van der Waals surface area contributed by atoms with Gasteiger partial charge in [-0.3, -0.25) is 0 Å². The number of aliphatic hydroxyl groups is 1. The fraction of sp³-hybridized carbons (Fsp3) is 0.200. The van der Waals surface area contributed by atoms with E-state index in [1.807, 2.05) is 49.4 Å². The largest absolute Gasteiger partial charge is 0.457 e. The minimum Gasteiger partial charge on any atom is -0.457 e. The molecule has 0 radical (unpaired) electrons. The van der Waals surface area contributed by atoms with Gasteiger partial charge < -0.3 is 15.6 Å². The fourth-order valence-corrected chi connectivity index (χ4v) is 1.79. The highest BCUT2D eigenvalue weighted by Crippen LogP contribution is 2.26. The smallest absolute Gasteiger partial charge is 0.130 e. The van der Waals surface area contributed by atoms with E-state index in [1.165, 1.54) is 0 Å². The number of aliphatic hydroxyl groups excluding tert-OH is 1. The Morgan fingerprint density at radius 3 is 2.61 bits per heavy atom. The maximum atomic E-state index is 9.08. The third kappa shape index (κ3) is 2.88. The van der Waals surface area contributed by atoms with E-state index in [2.05, 4.69) is 0 Å². The van der Waals surface area contributed by atoms with Crippen LogP contribution < -0.4 is 10.5 Å². The van der Waals surface area contributed by atoms with E-state index in [0.717, 1.165) is 28.2 Å². The SMILES string of the molecule is Cc1cc(CN)ccc1Oc1cccc(CO)c1. The van der Waals surface area contributed by atoms with Gasteiger partial charge in [-0.2, -0.15) is 0 Å². The first-order valence-electron chi connectivity index (χ1n) is 5.90. The van der Waals surface area contributed by atoms with Gasteiger partial charge in [-0.1, -0.05) is 24.3 Å². The van der Waals surface area contributed by atoms with Crippen LogP contribution in [0.3, 0.4) is 0 Å². The Kier molecular flexibility index (Phi) is 3.97. The van der Waals surface area contributed by atoms with Gasteiger partial charge >= 0.3 is 0 Å². The molecule has 0 fully saturated rings. The molecule has 3 N–H and O–H groups in total. The summed E-state index contributed by atoms with van der Waals surface area (Å²) >= 11 is 0. The van der Waals surface area contributed by atoms with E-state index in [9.17, 15) is 0 Å². The van der Waals surface area contributed by atoms with E-state index in [-0.39, 0.29) is 6.61 Å². The molecule has 0 unspecified atom stereocenters. The maximum absolute atomic E-state index is 9.08. The summed E-state index contributed by atoms with van der Waals surface area (Å²) < 4.78 is 5.80. The fourth-order valence-electron chi connectivity index (χ4n) is 1.79. The monoisotopic (exact) mass is 243 g/mol. The molecule has 0 aliphatic carbocycles. The van der Waals surface area contributed by atoms with Gasteiger partial charge in [-0.05, 0) is 41.8 Å². The summed E-state index contributed by atoms with van der Waals surface area (Å²) in [7, 11) is 0. The molecule has 18 heavy (non-hydrogen) atoms. The second-order valence-electron chi connectivity index (χ2n) is 4.21. The van der Waals surface area contributed by atoms with Gasteiger partial charge in [0.25, 0.3) is 0 Å². The van der Waals surface area contributed by atoms with Crippen LogP contribution in [-0.2, 0) is 13.2 Å². The summed E-state index contributed by atoms with van der Waals surface area (Å²) in [6.45, 7) is 2.54. The summed E-state index contributed by atoms with van der Waals surface area (Å²) in [4.78, 5) is 0. The maximum Gasteiger partial charge on any atom is 0.130 e. The molecule has 0 spiro atoms. The van der Waals surface area contributed by atoms with Gasteiger partial charge in [0.2, 0.25) is 0 Å². The molecule has 3 nitrogen and oxygen atoms in total. The van der Waals surface area contributed by atoms with Crippen molar-refractivity contribution in [3.63, 3.8) is 0 Å². The quantitative estimate of drug-likeness (QED) is 0.868. The lowest BCUT2D eigenvalue weighted by atomic mass is 10.1. The lowest BCUT2D eigenvalue weighted by Crippen LogP contribution is -1.97. The van der Waals surface area contributed by atoms with Crippen molar-refractivity contribution in [3.05, 3.63) is 59.2 Å². The molecular weight excluding hydrogens is 226 g/mol. The number of aryl methyl sites for hydroxylation is 1. The zero-order chi connectivity index (χ0) is 13.0. The molecule has 2 aromatic carbocycles. The molecule has 0 saturated heterocycles. The van der Waals surface area contributed by atoms with Crippen molar-refractivity contribution < 1.29 is 9.84 Å². The Morgan fingerprint density at radius 1 is 1.11 bits per heavy atom. The highest BCUT2D eigenvalue weighted by Gasteiger charge is 2.03. The Morgan fingerprint density at radius 2 is 1.94 bits per heavy atom. The first kappa shape index (κ1) is 12.6. The number of hydrogen-bond acceptors (Lipinski definition) is 3. The lowest BCUT2D eigenvalue weighted by Gasteiger charge is -2.10. The van der Waals surface area contributed by atoms with Gasteiger partial charge in [0.05, 0.1) is 6.61 Å². The number of rotatable bonds is 4. The van der Waals surface area contributed by atoms with Crippen LogP contribution >= 0.6 is 0 Å². The molecule has 0 aliphatic rings. The Balaban J connectivity index is 2.22. The number of benzene rings is 2. The standard InChI is InChI=1S/C15H17NO2/c1-11-7-12(9-16)5-6-15(11)18-14-4-2-3-13(8-14)10-17/h2-8,17H,9-10,16H2,1H3. The van der Waals surface area contributed by atoms with Gasteiger partial charge in [0.1, 0.15) is 11.5 Å². The van der Waals surface area contributed by atoms with E-state index in [1.54, 1.807) is 0 Å². The van der Waals surface area contributed by atoms with Crippen molar-refractivity contribution in [2.45, 2.75) is 20.1 Å². The van der Waals surface area contributed by atoms with Crippen molar-refractivity contribution in [2.24, 2.45) is 5.73 Å². The third-order valence-electron chi connectivity index (χ3n) is 2.78. The molecule has 2 rings (SSSR count). The average Bonchev–Trinajstić information content (AvgIpc) is 2.41. The highest BCUT2D eigenvalue weighted by molar-refractivity contribution is 5.40. The second kappa shape index (κ2) is 5.67. The average molecular weight is 243 g/mol. The highest BCUT2D eigenvalue weighted by atomic mass is 16.5. The van der Waals surface area contributed by atoms with Crippen LogP contribution in [0.25, 0.3) is 0 Å². The molecule has 0 atom stereocenters. The number of hydrogen-bond donors (Lipinski definition) is 2. The molecule has 3 heteroatoms. The number of ether oxygens (including phenoxy) is 1. The van der Waals surface area contributed by atoms with Crippen molar-refractivity contribution >= 4 is 0 Å². The van der Waals surface area contributed by atoms with Gasteiger partial charge in [0.15, 0.2) is 0 Å². The molecular formula is C15H17NO2. The zero-order valence-corrected chi connectivity index (χ0v) is 10.4. The summed E-state index contributed by atoms with van der Waals surface area (Å²) in [5.41, 5.74) is 8.56. The zero-order valence-electron chi connectivity index (χ0n) is 10.4. The van der Waals surface area contributed by atoms with Gasteiger partial charge in [-0.25, -0.2) is 0 Å². The van der Waals surface area contributed by atoms with Crippen LogP contribution in [0.2, 0.25) is 0 Å². The lowest BCUT2D eigenvalue weighted by molar-refractivity contribution is 0.281. The molecule has 0 aromatic heterocycles. The van der Waals surface area contributed by atoms with E-state index in [4.69, 9.17) is 15.6 Å². The molecule has 0 saturated carbocycles. The molecule has 94 valence electrons. The van der Waals surface area contributed by atoms with Crippen LogP contribution in [0.1, 0.15) is 16.7 Å². The summed E-state index contributed by atoms with van der Waals surface area (Å²) in [5, 5.41) is 9.08. The Labute approximate surface area is 107 Å². The minimum absolute atomic E-state index is 0.0162. The predicted molar refractivity (Wildman–Crippen MR) is 71.5 cm³/mol. The van der Waals surface area contributed by atoms with Crippen LogP contribution in [0.4, 0.5) is 0 Å². The Hall–Kier alpha value is -1.84. The first-order chi connectivity index (χ1) is 8.72. The van der Waals surface area contributed by atoms with Gasteiger partial charge in [0, 0.05) is 6.54 Å². The molecule has 2 aromatic rings. The molecule has 0 heterocycles. The first-order valence-corrected chi connectivity index (χ1v) is 5.90.